The lowest BCUT2D eigenvalue weighted by Gasteiger charge is -2.12. The number of aromatic nitrogens is 2. The van der Waals surface area contributed by atoms with Gasteiger partial charge in [-0.15, -0.1) is 0 Å². The van der Waals surface area contributed by atoms with Crippen LogP contribution in [0.15, 0.2) is 84.0 Å². The minimum atomic E-state index is 0.579. The SMILES string of the molecule is CCCn1c(SCc2ccc(Cl)c(Cl)c2)nc(-c2ccccc2)c1-c1ccccc1. The summed E-state index contributed by atoms with van der Waals surface area (Å²) in [4.78, 5) is 5.10. The van der Waals surface area contributed by atoms with E-state index in [9.17, 15) is 0 Å². The minimum absolute atomic E-state index is 0.579. The fourth-order valence-electron chi connectivity index (χ4n) is 3.44. The van der Waals surface area contributed by atoms with Crippen LogP contribution in [0.4, 0.5) is 0 Å². The molecule has 0 saturated carbocycles. The molecule has 2 nitrogen and oxygen atoms in total. The summed E-state index contributed by atoms with van der Waals surface area (Å²) in [5.41, 5.74) is 5.62. The molecule has 0 amide bonds. The summed E-state index contributed by atoms with van der Waals surface area (Å²) in [7, 11) is 0. The van der Waals surface area contributed by atoms with Crippen LogP contribution in [0.3, 0.4) is 0 Å². The largest absolute Gasteiger partial charge is 0.318 e. The summed E-state index contributed by atoms with van der Waals surface area (Å²) in [5, 5.41) is 2.18. The van der Waals surface area contributed by atoms with Crippen LogP contribution in [0.2, 0.25) is 10.0 Å². The topological polar surface area (TPSA) is 17.8 Å². The van der Waals surface area contributed by atoms with Gasteiger partial charge in [0.25, 0.3) is 0 Å². The Kier molecular flexibility index (Phi) is 6.83. The van der Waals surface area contributed by atoms with Gasteiger partial charge < -0.3 is 4.57 Å². The maximum atomic E-state index is 6.20. The molecular weight excluding hydrogens is 431 g/mol. The van der Waals surface area contributed by atoms with Gasteiger partial charge in [-0.3, -0.25) is 0 Å². The van der Waals surface area contributed by atoms with Crippen molar-refractivity contribution in [3.05, 3.63) is 94.5 Å². The lowest BCUT2D eigenvalue weighted by Crippen LogP contribution is -2.02. The molecule has 1 heterocycles. The molecule has 4 rings (SSSR count). The Bertz CT molecular complexity index is 1120. The Labute approximate surface area is 191 Å². The molecule has 30 heavy (non-hydrogen) atoms. The molecule has 152 valence electrons. The van der Waals surface area contributed by atoms with Crippen molar-refractivity contribution >= 4 is 35.0 Å². The van der Waals surface area contributed by atoms with E-state index in [1.807, 2.05) is 30.3 Å². The zero-order valence-corrected chi connectivity index (χ0v) is 19.0. The van der Waals surface area contributed by atoms with Crippen LogP contribution in [0.1, 0.15) is 18.9 Å². The molecule has 0 spiro atoms. The second-order valence-corrected chi connectivity index (χ2v) is 8.77. The normalized spacial score (nSPS) is 11.0. The Balaban J connectivity index is 1.78. The molecule has 5 heteroatoms. The van der Waals surface area contributed by atoms with E-state index in [1.54, 1.807) is 11.8 Å². The minimum Gasteiger partial charge on any atom is -0.318 e. The number of nitrogens with zero attached hydrogens (tertiary/aromatic N) is 2. The molecule has 3 aromatic carbocycles. The zero-order chi connectivity index (χ0) is 20.9. The van der Waals surface area contributed by atoms with E-state index in [0.717, 1.165) is 40.7 Å². The number of imidazole rings is 1. The molecule has 4 aromatic rings. The number of rotatable bonds is 7. The molecule has 0 aliphatic rings. The lowest BCUT2D eigenvalue weighted by molar-refractivity contribution is 0.626. The van der Waals surface area contributed by atoms with Crippen molar-refractivity contribution < 1.29 is 0 Å². The van der Waals surface area contributed by atoms with E-state index in [4.69, 9.17) is 28.2 Å². The van der Waals surface area contributed by atoms with Crippen molar-refractivity contribution in [2.45, 2.75) is 30.8 Å². The Morgan fingerprint density at radius 1 is 0.833 bits per heavy atom. The number of hydrogen-bond donors (Lipinski definition) is 0. The van der Waals surface area contributed by atoms with Gasteiger partial charge in [0, 0.05) is 23.4 Å². The van der Waals surface area contributed by atoms with E-state index in [1.165, 1.54) is 11.3 Å². The second-order valence-electron chi connectivity index (χ2n) is 7.01. The van der Waals surface area contributed by atoms with Crippen LogP contribution >= 0.6 is 35.0 Å². The summed E-state index contributed by atoms with van der Waals surface area (Å²) in [6.45, 7) is 3.11. The van der Waals surface area contributed by atoms with Gasteiger partial charge in [0.15, 0.2) is 5.16 Å². The van der Waals surface area contributed by atoms with Crippen LogP contribution < -0.4 is 0 Å². The van der Waals surface area contributed by atoms with Crippen LogP contribution in [0.25, 0.3) is 22.5 Å². The van der Waals surface area contributed by atoms with Crippen LogP contribution in [0.5, 0.6) is 0 Å². The first kappa shape index (κ1) is 21.0. The number of benzene rings is 3. The van der Waals surface area contributed by atoms with Gasteiger partial charge in [0.05, 0.1) is 21.4 Å². The third kappa shape index (κ3) is 4.59. The fourth-order valence-corrected chi connectivity index (χ4v) is 4.73. The fraction of sp³-hybridized carbons (Fsp3) is 0.160. The molecular formula is C25H22Cl2N2S. The third-order valence-corrected chi connectivity index (χ3v) is 6.61. The molecule has 0 bridgehead atoms. The van der Waals surface area contributed by atoms with E-state index in [2.05, 4.69) is 60.0 Å². The van der Waals surface area contributed by atoms with E-state index in [0.29, 0.717) is 10.0 Å². The highest BCUT2D eigenvalue weighted by Crippen LogP contribution is 2.37. The molecule has 1 aromatic heterocycles. The van der Waals surface area contributed by atoms with Crippen LogP contribution in [-0.2, 0) is 12.3 Å². The highest BCUT2D eigenvalue weighted by Gasteiger charge is 2.20. The van der Waals surface area contributed by atoms with Gasteiger partial charge in [-0.2, -0.15) is 0 Å². The first-order chi connectivity index (χ1) is 14.7. The molecule has 0 unspecified atom stereocenters. The Morgan fingerprint density at radius 3 is 2.13 bits per heavy atom. The van der Waals surface area contributed by atoms with Gasteiger partial charge in [-0.25, -0.2) is 4.98 Å². The average molecular weight is 453 g/mol. The highest BCUT2D eigenvalue weighted by atomic mass is 35.5. The maximum Gasteiger partial charge on any atom is 0.169 e. The van der Waals surface area contributed by atoms with Gasteiger partial charge in [0.1, 0.15) is 0 Å². The van der Waals surface area contributed by atoms with Crippen molar-refractivity contribution in [2.24, 2.45) is 0 Å². The zero-order valence-electron chi connectivity index (χ0n) is 16.7. The molecule has 0 N–H and O–H groups in total. The predicted molar refractivity (Wildman–Crippen MR) is 129 cm³/mol. The molecule has 0 saturated heterocycles. The molecule has 0 aliphatic heterocycles. The van der Waals surface area contributed by atoms with Gasteiger partial charge >= 0.3 is 0 Å². The summed E-state index contributed by atoms with van der Waals surface area (Å²) in [6.07, 6.45) is 1.03. The third-order valence-electron chi connectivity index (χ3n) is 4.83. The van der Waals surface area contributed by atoms with Crippen molar-refractivity contribution in [1.29, 1.82) is 0 Å². The summed E-state index contributed by atoms with van der Waals surface area (Å²) in [6, 6.07) is 26.7. The van der Waals surface area contributed by atoms with Crippen molar-refractivity contribution in [3.8, 4) is 22.5 Å². The average Bonchev–Trinajstić information content (AvgIpc) is 3.14. The highest BCUT2D eigenvalue weighted by molar-refractivity contribution is 7.98. The first-order valence-corrected chi connectivity index (χ1v) is 11.7. The summed E-state index contributed by atoms with van der Waals surface area (Å²) >= 11 is 14.0. The number of hydrogen-bond acceptors (Lipinski definition) is 2. The smallest absolute Gasteiger partial charge is 0.169 e. The monoisotopic (exact) mass is 452 g/mol. The number of halogens is 2. The van der Waals surface area contributed by atoms with Gasteiger partial charge in [-0.05, 0) is 24.1 Å². The molecule has 0 atom stereocenters. The summed E-state index contributed by atoms with van der Waals surface area (Å²) < 4.78 is 2.35. The standard InChI is InChI=1S/C25H22Cl2N2S/c1-2-15-29-24(20-11-7-4-8-12-20)23(19-9-5-3-6-10-19)28-25(29)30-17-18-13-14-21(26)22(27)16-18/h3-14,16H,2,15,17H2,1H3. The van der Waals surface area contributed by atoms with E-state index in [-0.39, 0.29) is 0 Å². The first-order valence-electron chi connectivity index (χ1n) is 9.95. The maximum absolute atomic E-state index is 6.20. The van der Waals surface area contributed by atoms with Crippen molar-refractivity contribution in [2.75, 3.05) is 0 Å². The van der Waals surface area contributed by atoms with Crippen LogP contribution in [-0.4, -0.2) is 9.55 Å². The number of thioether (sulfide) groups is 1. The second kappa shape index (κ2) is 9.74. The molecule has 0 fully saturated rings. The van der Waals surface area contributed by atoms with Gasteiger partial charge in [-0.1, -0.05) is 109 Å². The molecule has 0 aliphatic carbocycles. The lowest BCUT2D eigenvalue weighted by atomic mass is 10.0. The van der Waals surface area contributed by atoms with Gasteiger partial charge in [0.2, 0.25) is 0 Å². The van der Waals surface area contributed by atoms with Crippen LogP contribution in [0, 0.1) is 0 Å². The molecule has 0 radical (unpaired) electrons. The predicted octanol–water partition coefficient (Wildman–Crippen LogP) is 8.23. The van der Waals surface area contributed by atoms with Crippen molar-refractivity contribution in [3.63, 3.8) is 0 Å². The van der Waals surface area contributed by atoms with E-state index < -0.39 is 0 Å². The quantitative estimate of drug-likeness (QED) is 0.262. The van der Waals surface area contributed by atoms with E-state index >= 15 is 0 Å². The Morgan fingerprint density at radius 2 is 1.50 bits per heavy atom. The Hall–Kier alpha value is -2.20. The van der Waals surface area contributed by atoms with Crippen molar-refractivity contribution in [1.82, 2.24) is 9.55 Å². The summed E-state index contributed by atoms with van der Waals surface area (Å²) in [5.74, 6) is 0.778.